The second-order valence-corrected chi connectivity index (χ2v) is 8.42. The first-order valence-corrected chi connectivity index (χ1v) is 11.5. The van der Waals surface area contributed by atoms with E-state index in [1.54, 1.807) is 25.8 Å². The summed E-state index contributed by atoms with van der Waals surface area (Å²) in [4.78, 5) is 31.1. The third kappa shape index (κ3) is 5.09. The van der Waals surface area contributed by atoms with Crippen LogP contribution in [0.15, 0.2) is 54.0 Å². The van der Waals surface area contributed by atoms with Gasteiger partial charge in [-0.2, -0.15) is 0 Å². The maximum absolute atomic E-state index is 13.2. The van der Waals surface area contributed by atoms with Crippen molar-refractivity contribution < 1.29 is 19.1 Å². The zero-order chi connectivity index (χ0) is 23.2. The summed E-state index contributed by atoms with van der Waals surface area (Å²) in [6.45, 7) is 0.770. The number of hydrogen-bond acceptors (Lipinski definition) is 6. The molecular formula is C24H26N4O4S. The zero-order valence-corrected chi connectivity index (χ0v) is 19.4. The molecule has 1 aliphatic rings. The molecule has 33 heavy (non-hydrogen) atoms. The summed E-state index contributed by atoms with van der Waals surface area (Å²) >= 11 is 1.35. The van der Waals surface area contributed by atoms with Crippen molar-refractivity contribution in [3.8, 4) is 11.5 Å². The topological polar surface area (TPSA) is 92.8 Å². The molecule has 3 aromatic rings. The third-order valence-corrected chi connectivity index (χ3v) is 6.25. The molecule has 4 rings (SSSR count). The Bertz CT molecular complexity index is 1110. The summed E-state index contributed by atoms with van der Waals surface area (Å²) in [7, 11) is 3.22. The van der Waals surface area contributed by atoms with Gasteiger partial charge in [-0.05, 0) is 35.2 Å². The van der Waals surface area contributed by atoms with E-state index in [2.05, 4.69) is 15.6 Å². The molecule has 0 bridgehead atoms. The fourth-order valence-electron chi connectivity index (χ4n) is 4.01. The monoisotopic (exact) mass is 466 g/mol. The molecule has 2 heterocycles. The predicted molar refractivity (Wildman–Crippen MR) is 127 cm³/mol. The van der Waals surface area contributed by atoms with Crippen molar-refractivity contribution in [3.05, 3.63) is 70.7 Å². The molecule has 0 radical (unpaired) electrons. The van der Waals surface area contributed by atoms with Crippen molar-refractivity contribution in [1.82, 2.24) is 15.2 Å². The molecule has 0 unspecified atom stereocenters. The van der Waals surface area contributed by atoms with Gasteiger partial charge in [0.05, 0.1) is 20.3 Å². The van der Waals surface area contributed by atoms with Crippen molar-refractivity contribution in [1.29, 1.82) is 0 Å². The number of urea groups is 1. The van der Waals surface area contributed by atoms with E-state index in [1.165, 1.54) is 11.3 Å². The van der Waals surface area contributed by atoms with Crippen LogP contribution in [-0.4, -0.2) is 49.1 Å². The van der Waals surface area contributed by atoms with Crippen LogP contribution >= 0.6 is 11.3 Å². The Labute approximate surface area is 196 Å². The third-order valence-electron chi connectivity index (χ3n) is 5.56. The van der Waals surface area contributed by atoms with Gasteiger partial charge in [0.1, 0.15) is 0 Å². The molecule has 2 N–H and O–H groups in total. The highest BCUT2D eigenvalue weighted by atomic mass is 32.1. The summed E-state index contributed by atoms with van der Waals surface area (Å²) in [6.07, 6.45) is 2.48. The Balaban J connectivity index is 1.52. The van der Waals surface area contributed by atoms with Crippen LogP contribution in [0.2, 0.25) is 0 Å². The van der Waals surface area contributed by atoms with Crippen LogP contribution in [-0.2, 0) is 11.2 Å². The van der Waals surface area contributed by atoms with Crippen molar-refractivity contribution in [3.63, 3.8) is 0 Å². The minimum absolute atomic E-state index is 0.163. The molecule has 0 saturated heterocycles. The zero-order valence-electron chi connectivity index (χ0n) is 18.5. The average Bonchev–Trinajstić information content (AvgIpc) is 3.35. The van der Waals surface area contributed by atoms with Crippen LogP contribution in [0.4, 0.5) is 9.93 Å². The Hall–Kier alpha value is -3.59. The minimum Gasteiger partial charge on any atom is -0.493 e. The first kappa shape index (κ1) is 22.6. The summed E-state index contributed by atoms with van der Waals surface area (Å²) in [5, 5.41) is 7.96. The second-order valence-electron chi connectivity index (χ2n) is 7.53. The maximum Gasteiger partial charge on any atom is 0.318 e. The van der Waals surface area contributed by atoms with E-state index in [9.17, 15) is 9.59 Å². The fourth-order valence-corrected chi connectivity index (χ4v) is 4.56. The lowest BCUT2D eigenvalue weighted by Crippen LogP contribution is -2.46. The van der Waals surface area contributed by atoms with Crippen molar-refractivity contribution >= 4 is 28.4 Å². The van der Waals surface area contributed by atoms with Gasteiger partial charge in [0.15, 0.2) is 16.6 Å². The lowest BCUT2D eigenvalue weighted by molar-refractivity contribution is -0.116. The van der Waals surface area contributed by atoms with E-state index >= 15 is 0 Å². The number of nitrogens with zero attached hydrogens (tertiary/aromatic N) is 2. The summed E-state index contributed by atoms with van der Waals surface area (Å²) < 4.78 is 11.0. The molecule has 0 fully saturated rings. The number of aromatic nitrogens is 1. The van der Waals surface area contributed by atoms with Gasteiger partial charge in [0, 0.05) is 31.1 Å². The maximum atomic E-state index is 13.2. The van der Waals surface area contributed by atoms with Crippen LogP contribution in [0.5, 0.6) is 11.5 Å². The van der Waals surface area contributed by atoms with E-state index in [-0.39, 0.29) is 30.9 Å². The number of methoxy groups -OCH3 is 2. The van der Waals surface area contributed by atoms with Crippen LogP contribution in [0.25, 0.3) is 0 Å². The number of amides is 3. The highest BCUT2D eigenvalue weighted by Crippen LogP contribution is 2.40. The molecule has 0 aliphatic carbocycles. The highest BCUT2D eigenvalue weighted by molar-refractivity contribution is 7.13. The molecule has 2 aromatic carbocycles. The lowest BCUT2D eigenvalue weighted by atomic mass is 9.88. The van der Waals surface area contributed by atoms with Crippen LogP contribution in [0.1, 0.15) is 29.2 Å². The van der Waals surface area contributed by atoms with Gasteiger partial charge in [-0.1, -0.05) is 30.3 Å². The van der Waals surface area contributed by atoms with E-state index in [4.69, 9.17) is 9.47 Å². The second kappa shape index (κ2) is 10.4. The smallest absolute Gasteiger partial charge is 0.318 e. The van der Waals surface area contributed by atoms with Crippen molar-refractivity contribution in [2.75, 3.05) is 32.6 Å². The van der Waals surface area contributed by atoms with Gasteiger partial charge >= 0.3 is 6.03 Å². The van der Waals surface area contributed by atoms with E-state index in [1.807, 2.05) is 47.4 Å². The van der Waals surface area contributed by atoms with Crippen molar-refractivity contribution in [2.24, 2.45) is 0 Å². The van der Waals surface area contributed by atoms with Gasteiger partial charge in [0.25, 0.3) is 0 Å². The molecular weight excluding hydrogens is 440 g/mol. The van der Waals surface area contributed by atoms with Gasteiger partial charge in [-0.25, -0.2) is 9.78 Å². The number of benzene rings is 2. The lowest BCUT2D eigenvalue weighted by Gasteiger charge is -2.38. The Morgan fingerprint density at radius 2 is 1.91 bits per heavy atom. The molecule has 1 aromatic heterocycles. The van der Waals surface area contributed by atoms with Crippen LogP contribution in [0.3, 0.4) is 0 Å². The molecule has 0 saturated carbocycles. The molecule has 9 heteroatoms. The minimum atomic E-state index is -0.279. The number of anilines is 1. The largest absolute Gasteiger partial charge is 0.493 e. The predicted octanol–water partition coefficient (Wildman–Crippen LogP) is 3.85. The molecule has 1 aliphatic heterocycles. The number of carbonyl (C=O) groups excluding carboxylic acids is 2. The van der Waals surface area contributed by atoms with E-state index in [0.29, 0.717) is 29.6 Å². The molecule has 8 nitrogen and oxygen atoms in total. The molecule has 3 amide bonds. The average molecular weight is 467 g/mol. The number of ether oxygens (including phenoxy) is 2. The summed E-state index contributed by atoms with van der Waals surface area (Å²) in [5.41, 5.74) is 3.12. The SMILES string of the molecule is COc1cc2c(cc1OC)[C@@H](c1ccccc1)N(C(=O)NCCC(=O)Nc1nccs1)CC2. The van der Waals surface area contributed by atoms with Gasteiger partial charge in [0.2, 0.25) is 5.91 Å². The van der Waals surface area contributed by atoms with Gasteiger partial charge < -0.3 is 25.0 Å². The number of fused-ring (bicyclic) bond motifs is 1. The first-order valence-electron chi connectivity index (χ1n) is 10.6. The molecule has 1 atom stereocenters. The summed E-state index contributed by atoms with van der Waals surface area (Å²) in [6, 6.07) is 13.3. The number of rotatable bonds is 7. The standard InChI is InChI=1S/C24H26N4O4S/c1-31-19-14-17-9-12-28(24(30)26-10-8-21(29)27-23-25-11-13-33-23)22(16-6-4-3-5-7-16)18(17)15-20(19)32-2/h3-7,11,13-15,22H,8-10,12H2,1-2H3,(H,26,30)(H,25,27,29)/t22-/m1/s1. The molecule has 0 spiro atoms. The van der Waals surface area contributed by atoms with Crippen molar-refractivity contribution in [2.45, 2.75) is 18.9 Å². The van der Waals surface area contributed by atoms with Gasteiger partial charge in [-0.3, -0.25) is 4.79 Å². The van der Waals surface area contributed by atoms with E-state index in [0.717, 1.165) is 16.7 Å². The van der Waals surface area contributed by atoms with Gasteiger partial charge in [-0.15, -0.1) is 11.3 Å². The number of thiazole rings is 1. The Morgan fingerprint density at radius 3 is 2.61 bits per heavy atom. The van der Waals surface area contributed by atoms with Crippen LogP contribution < -0.4 is 20.1 Å². The quantitative estimate of drug-likeness (QED) is 0.552. The normalized spacial score (nSPS) is 14.8. The number of nitrogens with one attached hydrogen (secondary N) is 2. The Kier molecular flexibility index (Phi) is 7.09. The Morgan fingerprint density at radius 1 is 1.15 bits per heavy atom. The summed E-state index contributed by atoms with van der Waals surface area (Å²) in [5.74, 6) is 1.11. The van der Waals surface area contributed by atoms with E-state index < -0.39 is 0 Å². The number of carbonyl (C=O) groups is 2. The fraction of sp³-hybridized carbons (Fsp3) is 0.292. The first-order chi connectivity index (χ1) is 16.1. The highest BCUT2D eigenvalue weighted by Gasteiger charge is 2.33. The van der Waals surface area contributed by atoms with Crippen LogP contribution in [0, 0.1) is 0 Å². The molecule has 172 valence electrons. The number of hydrogen-bond donors (Lipinski definition) is 2.